The van der Waals surface area contributed by atoms with Crippen LogP contribution < -0.4 is 31.0 Å². The molecule has 0 aliphatic carbocycles. The van der Waals surface area contributed by atoms with Crippen LogP contribution in [0.2, 0.25) is 0 Å². The molecule has 0 atom stereocenters. The average Bonchev–Trinajstić information content (AvgIpc) is 1.59. The highest BCUT2D eigenvalue weighted by Crippen LogP contribution is 2.38. The lowest BCUT2D eigenvalue weighted by Gasteiger charge is -2.36. The molecule has 1 aliphatic rings. The van der Waals surface area contributed by atoms with Gasteiger partial charge in [0.25, 0.3) is 28.5 Å². The number of phenols is 1. The first-order valence-electron chi connectivity index (χ1n) is 39.6. The van der Waals surface area contributed by atoms with Gasteiger partial charge in [0.1, 0.15) is 46.5 Å². The number of benzene rings is 8. The summed E-state index contributed by atoms with van der Waals surface area (Å²) in [5.41, 5.74) is 17.0. The molecule has 1 saturated heterocycles. The van der Waals surface area contributed by atoms with E-state index in [-0.39, 0.29) is 76.1 Å². The van der Waals surface area contributed by atoms with Crippen molar-refractivity contribution in [1.29, 1.82) is 0 Å². The molecule has 11 aromatic rings. The second-order valence-corrected chi connectivity index (χ2v) is 33.9. The molecule has 12 rings (SSSR count). The van der Waals surface area contributed by atoms with Crippen molar-refractivity contribution in [3.63, 3.8) is 0 Å². The van der Waals surface area contributed by atoms with Gasteiger partial charge in [0, 0.05) is 123 Å². The molecular weight excluding hydrogens is 2140 g/mol. The van der Waals surface area contributed by atoms with Crippen molar-refractivity contribution in [3.05, 3.63) is 289 Å². The van der Waals surface area contributed by atoms with Crippen LogP contribution in [0.5, 0.6) is 17.2 Å². The van der Waals surface area contributed by atoms with E-state index in [9.17, 15) is 78.6 Å². The van der Waals surface area contributed by atoms with E-state index in [4.69, 9.17) is 50.2 Å². The number of H-pyrrole nitrogens is 1. The van der Waals surface area contributed by atoms with E-state index < -0.39 is 44.6 Å². The highest BCUT2D eigenvalue weighted by atomic mass is 79.9. The molecule has 134 heavy (non-hydrogen) atoms. The molecule has 7 N–H and O–H groups in total. The Kier molecular flexibility index (Phi) is 43.3. The summed E-state index contributed by atoms with van der Waals surface area (Å²) in [6, 6.07) is 28.0. The zero-order chi connectivity index (χ0) is 101. The number of ether oxygens (including phenoxy) is 8. The minimum atomic E-state index is -1.17. The number of nitro benzene ring substituents is 3. The van der Waals surface area contributed by atoms with E-state index in [2.05, 4.69) is 143 Å². The Morgan fingerprint density at radius 3 is 1.42 bits per heavy atom. The van der Waals surface area contributed by atoms with Crippen LogP contribution in [-0.4, -0.2) is 158 Å². The summed E-state index contributed by atoms with van der Waals surface area (Å²) < 4.78 is 54.9. The van der Waals surface area contributed by atoms with Gasteiger partial charge in [0.15, 0.2) is 0 Å². The fraction of sp³-hybridized carbons (Fsp3) is 0.280. The van der Waals surface area contributed by atoms with E-state index in [0.29, 0.717) is 104 Å². The first-order valence-corrected chi connectivity index (χ1v) is 44.3. The number of nitro groups is 3. The highest BCUT2D eigenvalue weighted by molar-refractivity contribution is 9.11. The number of fused-ring (bicyclic) bond motifs is 2. The number of aromatic hydroxyl groups is 1. The summed E-state index contributed by atoms with van der Waals surface area (Å²) in [4.78, 5) is 139. The number of aromatic carboxylic acids is 2. The van der Waals surface area contributed by atoms with Crippen LogP contribution in [0.25, 0.3) is 21.9 Å². The number of nitrogens with one attached hydrogen (secondary N) is 2. The Bertz CT molecular complexity index is 6320. The second kappa shape index (κ2) is 52.0. The summed E-state index contributed by atoms with van der Waals surface area (Å²) in [5, 5.41) is 62.4. The third kappa shape index (κ3) is 30.1. The Morgan fingerprint density at radius 2 is 0.948 bits per heavy atom. The van der Waals surface area contributed by atoms with Crippen molar-refractivity contribution < 1.29 is 115 Å². The van der Waals surface area contributed by atoms with E-state index in [1.807, 2.05) is 65.8 Å². The molecule has 35 nitrogen and oxygen atoms in total. The molecule has 4 heterocycles. The molecular formula is C93H95Br6N7O28. The number of carbonyl (C=O) groups is 8. The summed E-state index contributed by atoms with van der Waals surface area (Å²) in [7, 11) is 8.11. The van der Waals surface area contributed by atoms with E-state index in [1.165, 1.54) is 85.1 Å². The number of furan rings is 2. The van der Waals surface area contributed by atoms with Crippen molar-refractivity contribution in [2.75, 3.05) is 79.7 Å². The summed E-state index contributed by atoms with van der Waals surface area (Å²) >= 11 is 19.5. The molecule has 712 valence electrons. The van der Waals surface area contributed by atoms with Gasteiger partial charge in [-0.2, -0.15) is 0 Å². The standard InChI is InChI=1S/C26H33N3O5.2C12H11BrO3.C9H8BrNO4.C9H10BrNO2.C9H9BrO3.C8H6BrNO4.C8H7NO4/c1-6-29(18-7-9-33-10-8-18)21-13-23-19(12-16(3)34-23)24(17(21)4)26(31)27-14-20-22(32-5)11-15(2)28-25(20)30;1-6-4-8-10(16-6)5-9(13)7(2)11(8)12(14)15-3;1-4-5-16-9-6-10(12(14)15-3)8(2)11(13)7-9;1-5-7(9(12)15-2)3-6(11(13)14)4-8(5)10;2*1-5-7(9(12)13-2)3-6(11)4-8(5)10;1-4-6(8(11)12)2-5(10(13)14)3-7(4)9;1-5-2-3-6(9(12)13)4-7(5)8(10)11/h11-13,18H,6-10,14H2,1-5H3,(H,27,31)(H,28,30);4-5H,1-3H3;1,6-7H,5H2,2-3H3;3-4H,1-2H3;3-4H,11H2,1-2H3;3-4,11H,1-2H3;2-3H,1H3,(H,11,12);2-4H,1H3,(H,10,11). The second-order valence-electron chi connectivity index (χ2n) is 28.8. The lowest BCUT2D eigenvalue weighted by Crippen LogP contribution is -2.40. The number of nitrogens with zero attached hydrogens (tertiary/aromatic N) is 4. The largest absolute Gasteiger partial charge is 0.508 e. The van der Waals surface area contributed by atoms with Gasteiger partial charge < -0.3 is 83.0 Å². The number of terminal acetylenes is 1. The SMILES string of the molecule is C#CCOc1cc(Br)c(C)c(C(=O)OC)c1.CCN(c1cc2oc(C)cc2c(C(=O)NCc2c(OC)cc(C)[nH]c2=O)c1C)C1CCOCC1.COC(=O)c1c(C)c(Br)cc2oc(C)cc12.COC(=O)c1cc(N)cc(Br)c1C.COC(=O)c1cc(O)cc(Br)c1C.COC(=O)c1cc([N+](=O)[O-])cc(Br)c1C.Cc1c(Br)cc([N+](=O)[O-])cc1C(=O)O.Cc1ccc([N+](=O)[O-])cc1C(=O)O. The Labute approximate surface area is 819 Å². The maximum atomic E-state index is 13.5. The number of amides is 1. The molecule has 3 aromatic heterocycles. The molecule has 8 aromatic carbocycles. The van der Waals surface area contributed by atoms with Gasteiger partial charge in [0.05, 0.1) is 114 Å². The third-order valence-electron chi connectivity index (χ3n) is 20.0. The molecule has 1 amide bonds. The fourth-order valence-electron chi connectivity index (χ4n) is 12.9. The third-order valence-corrected chi connectivity index (χ3v) is 25.0. The van der Waals surface area contributed by atoms with Gasteiger partial charge in [-0.25, -0.2) is 33.6 Å². The van der Waals surface area contributed by atoms with Crippen molar-refractivity contribution in [1.82, 2.24) is 10.3 Å². The zero-order valence-corrected chi connectivity index (χ0v) is 85.2. The predicted octanol–water partition coefficient (Wildman–Crippen LogP) is 20.9. The van der Waals surface area contributed by atoms with Crippen LogP contribution >= 0.6 is 95.6 Å². The lowest BCUT2D eigenvalue weighted by atomic mass is 9.98. The van der Waals surface area contributed by atoms with E-state index in [1.54, 1.807) is 65.0 Å². The summed E-state index contributed by atoms with van der Waals surface area (Å²) in [6.07, 6.45) is 6.98. The normalized spacial score (nSPS) is 11.0. The van der Waals surface area contributed by atoms with Gasteiger partial charge in [0.2, 0.25) is 0 Å². The number of halogens is 6. The lowest BCUT2D eigenvalue weighted by molar-refractivity contribution is -0.385. The smallest absolute Gasteiger partial charge is 0.338 e. The number of carbonyl (C=O) groups excluding carboxylic acids is 6. The molecule has 0 unspecified atom stereocenters. The van der Waals surface area contributed by atoms with Gasteiger partial charge in [-0.15, -0.1) is 6.42 Å². The van der Waals surface area contributed by atoms with Crippen LogP contribution in [0, 0.1) is 119 Å². The number of methoxy groups -OCH3 is 6. The maximum Gasteiger partial charge on any atom is 0.338 e. The molecule has 0 radical (unpaired) electrons. The number of esters is 5. The van der Waals surface area contributed by atoms with Crippen LogP contribution in [-0.2, 0) is 35.0 Å². The minimum absolute atomic E-state index is 0.0331. The summed E-state index contributed by atoms with van der Waals surface area (Å²) in [5.74, 6) is 0.178. The Hall–Kier alpha value is -12.9. The van der Waals surface area contributed by atoms with Gasteiger partial charge >= 0.3 is 41.8 Å². The van der Waals surface area contributed by atoms with Crippen molar-refractivity contribution in [2.45, 2.75) is 109 Å². The zero-order valence-electron chi connectivity index (χ0n) is 75.7. The van der Waals surface area contributed by atoms with E-state index >= 15 is 0 Å². The number of hydrogen-bond acceptors (Lipinski definition) is 28. The fourth-order valence-corrected chi connectivity index (χ4v) is 15.5. The molecule has 0 spiro atoms. The molecule has 0 saturated carbocycles. The number of aromatic amines is 1. The molecule has 0 bridgehead atoms. The van der Waals surface area contributed by atoms with Gasteiger partial charge in [-0.1, -0.05) is 108 Å². The molecule has 41 heteroatoms. The van der Waals surface area contributed by atoms with Gasteiger partial charge in [-0.05, 0) is 201 Å². The Balaban J connectivity index is 0.000000279. The monoisotopic (exact) mass is 2230 g/mol. The number of non-ortho nitro benzene ring substituents is 3. The first kappa shape index (κ1) is 112. The van der Waals surface area contributed by atoms with Crippen molar-refractivity contribution in [3.8, 4) is 29.6 Å². The minimum Gasteiger partial charge on any atom is -0.508 e. The van der Waals surface area contributed by atoms with E-state index in [0.717, 1.165) is 114 Å². The quantitative estimate of drug-likeness (QED) is 0.0109. The topological polar surface area (TPSA) is 501 Å². The number of carboxylic acids is 2. The van der Waals surface area contributed by atoms with Crippen LogP contribution in [0.15, 0.2) is 150 Å². The van der Waals surface area contributed by atoms with Crippen LogP contribution in [0.3, 0.4) is 0 Å². The number of carboxylic acid groups (broad SMARTS) is 2. The first-order chi connectivity index (χ1) is 63.0. The average molecular weight is 2240 g/mol. The van der Waals surface area contributed by atoms with Crippen LogP contribution in [0.1, 0.15) is 170 Å². The number of hydrogen-bond donors (Lipinski definition) is 6. The number of anilines is 2. The predicted molar refractivity (Wildman–Crippen MR) is 522 cm³/mol. The summed E-state index contributed by atoms with van der Waals surface area (Å²) in [6.45, 7) is 24.3. The number of aryl methyl sites for hydroxylation is 4. The Morgan fingerprint density at radius 1 is 0.522 bits per heavy atom. The number of aromatic nitrogens is 1. The molecule has 1 aliphatic heterocycles. The van der Waals surface area contributed by atoms with Gasteiger partial charge in [-0.3, -0.25) is 39.9 Å². The number of pyridine rings is 1. The number of rotatable bonds is 19. The molecule has 1 fully saturated rings. The van der Waals surface area contributed by atoms with Crippen molar-refractivity contribution in [2.24, 2.45) is 0 Å². The highest BCUT2D eigenvalue weighted by Gasteiger charge is 2.29. The number of nitrogen functional groups attached to an aromatic ring is 1. The maximum absolute atomic E-state index is 13.5. The van der Waals surface area contributed by atoms with Crippen molar-refractivity contribution >= 4 is 194 Å². The van der Waals surface area contributed by atoms with Crippen LogP contribution in [0.4, 0.5) is 28.4 Å². The number of phenolic OH excluding ortho intramolecular Hbond substituents is 1. The number of nitrogens with two attached hydrogens (primary N) is 1.